The van der Waals surface area contributed by atoms with Crippen LogP contribution in [0.5, 0.6) is 0 Å². The molecular formula is C15H25N3O. The van der Waals surface area contributed by atoms with Gasteiger partial charge in [-0.15, -0.1) is 0 Å². The smallest absolute Gasteiger partial charge is 0.221 e. The van der Waals surface area contributed by atoms with Gasteiger partial charge < -0.3 is 16.0 Å². The lowest BCUT2D eigenvalue weighted by atomic mass is 10.0. The fraction of sp³-hybridized carbons (Fsp3) is 0.533. The van der Waals surface area contributed by atoms with Gasteiger partial charge in [0.2, 0.25) is 5.91 Å². The number of carbonyl (C=O) groups is 1. The summed E-state index contributed by atoms with van der Waals surface area (Å²) in [6.45, 7) is 5.78. The molecule has 3 N–H and O–H groups in total. The van der Waals surface area contributed by atoms with Gasteiger partial charge in [-0.25, -0.2) is 0 Å². The van der Waals surface area contributed by atoms with Crippen molar-refractivity contribution >= 4 is 5.91 Å². The minimum Gasteiger partial charge on any atom is -0.355 e. The van der Waals surface area contributed by atoms with E-state index in [2.05, 4.69) is 24.1 Å². The summed E-state index contributed by atoms with van der Waals surface area (Å²) < 4.78 is 0. The average Bonchev–Trinajstić information content (AvgIpc) is 2.39. The number of nitrogens with two attached hydrogens (primary N) is 1. The third kappa shape index (κ3) is 5.85. The van der Waals surface area contributed by atoms with E-state index in [0.29, 0.717) is 19.0 Å². The van der Waals surface area contributed by atoms with Gasteiger partial charge in [0.05, 0.1) is 0 Å². The number of benzene rings is 1. The molecule has 0 aromatic heterocycles. The molecule has 4 heteroatoms. The number of carbonyl (C=O) groups excluding carboxylic acids is 1. The van der Waals surface area contributed by atoms with Crippen LogP contribution in [0.2, 0.25) is 0 Å². The van der Waals surface area contributed by atoms with Crippen LogP contribution in [0.25, 0.3) is 0 Å². The molecule has 0 aliphatic rings. The van der Waals surface area contributed by atoms with Crippen LogP contribution in [0.1, 0.15) is 31.9 Å². The number of nitrogens with one attached hydrogen (secondary N) is 1. The second-order valence-corrected chi connectivity index (χ2v) is 5.15. The number of nitrogens with zero attached hydrogens (tertiary/aromatic N) is 1. The second-order valence-electron chi connectivity index (χ2n) is 5.15. The number of amides is 1. The molecule has 0 heterocycles. The van der Waals surface area contributed by atoms with Crippen molar-refractivity contribution in [1.29, 1.82) is 0 Å². The summed E-state index contributed by atoms with van der Waals surface area (Å²) in [5.74, 6) is 0.00788. The quantitative estimate of drug-likeness (QED) is 0.784. The molecule has 0 aliphatic heterocycles. The zero-order valence-corrected chi connectivity index (χ0v) is 12.1. The van der Waals surface area contributed by atoms with Crippen LogP contribution < -0.4 is 11.1 Å². The van der Waals surface area contributed by atoms with Gasteiger partial charge >= 0.3 is 0 Å². The fourth-order valence-electron chi connectivity index (χ4n) is 1.72. The number of hydrogen-bond donors (Lipinski definition) is 2. The molecule has 4 nitrogen and oxygen atoms in total. The molecule has 0 aliphatic carbocycles. The Bertz CT molecular complexity index is 378. The molecule has 19 heavy (non-hydrogen) atoms. The van der Waals surface area contributed by atoms with E-state index < -0.39 is 0 Å². The van der Waals surface area contributed by atoms with E-state index in [9.17, 15) is 4.79 Å². The third-order valence-electron chi connectivity index (χ3n) is 3.30. The van der Waals surface area contributed by atoms with Crippen LogP contribution in [0.15, 0.2) is 30.3 Å². The highest BCUT2D eigenvalue weighted by atomic mass is 16.1. The SMILES string of the molecule is CC(C)N(C)CCNC(=O)CC(N)c1ccccc1. The van der Waals surface area contributed by atoms with Crippen LogP contribution in [0.4, 0.5) is 0 Å². The summed E-state index contributed by atoms with van der Waals surface area (Å²) in [4.78, 5) is 14.0. The molecule has 0 saturated heterocycles. The number of likely N-dealkylation sites (N-methyl/N-ethyl adjacent to an activating group) is 1. The van der Waals surface area contributed by atoms with E-state index in [-0.39, 0.29) is 11.9 Å². The Hall–Kier alpha value is -1.39. The van der Waals surface area contributed by atoms with E-state index in [1.54, 1.807) is 0 Å². The lowest BCUT2D eigenvalue weighted by Crippen LogP contribution is -2.36. The van der Waals surface area contributed by atoms with Crippen LogP contribution in [-0.2, 0) is 4.79 Å². The molecule has 1 rings (SSSR count). The van der Waals surface area contributed by atoms with E-state index in [1.807, 2.05) is 37.4 Å². The Kier molecular flexibility index (Phi) is 6.53. The summed E-state index contributed by atoms with van der Waals surface area (Å²) in [6.07, 6.45) is 0.329. The van der Waals surface area contributed by atoms with Crippen molar-refractivity contribution in [3.8, 4) is 0 Å². The molecule has 1 aromatic carbocycles. The molecule has 1 aromatic rings. The molecule has 0 bridgehead atoms. The van der Waals surface area contributed by atoms with Gasteiger partial charge in [-0.1, -0.05) is 30.3 Å². The third-order valence-corrected chi connectivity index (χ3v) is 3.30. The van der Waals surface area contributed by atoms with Gasteiger partial charge in [-0.05, 0) is 26.5 Å². The Morgan fingerprint density at radius 1 is 1.32 bits per heavy atom. The maximum absolute atomic E-state index is 11.8. The summed E-state index contributed by atoms with van der Waals surface area (Å²) >= 11 is 0. The van der Waals surface area contributed by atoms with Crippen molar-refractivity contribution in [2.45, 2.75) is 32.4 Å². The predicted molar refractivity (Wildman–Crippen MR) is 78.8 cm³/mol. The normalized spacial score (nSPS) is 12.7. The number of rotatable bonds is 7. The van der Waals surface area contributed by atoms with E-state index >= 15 is 0 Å². The molecule has 0 fully saturated rings. The minimum absolute atomic E-state index is 0.00788. The zero-order valence-electron chi connectivity index (χ0n) is 12.1. The predicted octanol–water partition coefficient (Wildman–Crippen LogP) is 1.53. The Morgan fingerprint density at radius 2 is 1.95 bits per heavy atom. The highest BCUT2D eigenvalue weighted by molar-refractivity contribution is 5.76. The molecule has 1 atom stereocenters. The summed E-state index contributed by atoms with van der Waals surface area (Å²) in [6, 6.07) is 9.97. The van der Waals surface area contributed by atoms with Crippen molar-refractivity contribution in [3.63, 3.8) is 0 Å². The van der Waals surface area contributed by atoms with Crippen LogP contribution >= 0.6 is 0 Å². The van der Waals surface area contributed by atoms with Crippen molar-refractivity contribution in [2.24, 2.45) is 5.73 Å². The standard InChI is InChI=1S/C15H25N3O/c1-12(2)18(3)10-9-17-15(19)11-14(16)13-7-5-4-6-8-13/h4-8,12,14H,9-11,16H2,1-3H3,(H,17,19). The van der Waals surface area contributed by atoms with Crippen molar-refractivity contribution in [3.05, 3.63) is 35.9 Å². The molecule has 1 unspecified atom stereocenters. The van der Waals surface area contributed by atoms with E-state index in [0.717, 1.165) is 12.1 Å². The first-order chi connectivity index (χ1) is 9.00. The first kappa shape index (κ1) is 15.7. The number of hydrogen-bond acceptors (Lipinski definition) is 3. The second kappa shape index (κ2) is 7.92. The molecule has 0 spiro atoms. The summed E-state index contributed by atoms with van der Waals surface area (Å²) in [5.41, 5.74) is 7.00. The topological polar surface area (TPSA) is 58.4 Å². The van der Waals surface area contributed by atoms with Crippen molar-refractivity contribution in [2.75, 3.05) is 20.1 Å². The maximum Gasteiger partial charge on any atom is 0.221 e. The highest BCUT2D eigenvalue weighted by Gasteiger charge is 2.11. The van der Waals surface area contributed by atoms with Gasteiger partial charge in [0.15, 0.2) is 0 Å². The van der Waals surface area contributed by atoms with E-state index in [4.69, 9.17) is 5.73 Å². The average molecular weight is 263 g/mol. The fourth-order valence-corrected chi connectivity index (χ4v) is 1.72. The van der Waals surface area contributed by atoms with Crippen molar-refractivity contribution in [1.82, 2.24) is 10.2 Å². The summed E-state index contributed by atoms with van der Waals surface area (Å²) in [7, 11) is 2.05. The lowest BCUT2D eigenvalue weighted by Gasteiger charge is -2.21. The van der Waals surface area contributed by atoms with Gasteiger partial charge in [0, 0.05) is 31.6 Å². The van der Waals surface area contributed by atoms with Gasteiger partial charge in [0.25, 0.3) is 0 Å². The molecule has 106 valence electrons. The Morgan fingerprint density at radius 3 is 2.53 bits per heavy atom. The monoisotopic (exact) mass is 263 g/mol. The maximum atomic E-state index is 11.8. The largest absolute Gasteiger partial charge is 0.355 e. The van der Waals surface area contributed by atoms with E-state index in [1.165, 1.54) is 0 Å². The van der Waals surface area contributed by atoms with Gasteiger partial charge in [-0.2, -0.15) is 0 Å². The molecule has 1 amide bonds. The Labute approximate surface area is 116 Å². The first-order valence-electron chi connectivity index (χ1n) is 6.78. The molecule has 0 radical (unpaired) electrons. The van der Waals surface area contributed by atoms with Crippen molar-refractivity contribution < 1.29 is 4.79 Å². The van der Waals surface area contributed by atoms with Gasteiger partial charge in [-0.3, -0.25) is 4.79 Å². The lowest BCUT2D eigenvalue weighted by molar-refractivity contribution is -0.121. The van der Waals surface area contributed by atoms with Crippen LogP contribution in [0.3, 0.4) is 0 Å². The molecular weight excluding hydrogens is 238 g/mol. The minimum atomic E-state index is -0.232. The van der Waals surface area contributed by atoms with Crippen LogP contribution in [-0.4, -0.2) is 37.0 Å². The zero-order chi connectivity index (χ0) is 14.3. The summed E-state index contributed by atoms with van der Waals surface area (Å²) in [5, 5.41) is 2.91. The first-order valence-corrected chi connectivity index (χ1v) is 6.78. The highest BCUT2D eigenvalue weighted by Crippen LogP contribution is 2.12. The van der Waals surface area contributed by atoms with Gasteiger partial charge in [0.1, 0.15) is 0 Å². The van der Waals surface area contributed by atoms with Crippen LogP contribution in [0, 0.1) is 0 Å². The molecule has 0 saturated carbocycles. The Balaban J connectivity index is 2.28.